The Balaban J connectivity index is 1.63. The van der Waals surface area contributed by atoms with E-state index in [4.69, 9.17) is 14.2 Å². The summed E-state index contributed by atoms with van der Waals surface area (Å²) in [4.78, 5) is 0. The normalized spacial score (nSPS) is 15.8. The molecule has 18 heavy (non-hydrogen) atoms. The molecule has 1 fully saturated rings. The van der Waals surface area contributed by atoms with Gasteiger partial charge in [-0.1, -0.05) is 19.8 Å². The SMILES string of the molecule is CCCCOCCOCCOCCNC1CCC1. The minimum Gasteiger partial charge on any atom is -0.379 e. The van der Waals surface area contributed by atoms with Gasteiger partial charge in [-0.05, 0) is 19.3 Å². The van der Waals surface area contributed by atoms with Gasteiger partial charge in [-0.15, -0.1) is 0 Å². The van der Waals surface area contributed by atoms with Crippen LogP contribution in [0.2, 0.25) is 0 Å². The van der Waals surface area contributed by atoms with Crippen molar-refractivity contribution in [3.05, 3.63) is 0 Å². The van der Waals surface area contributed by atoms with Crippen LogP contribution in [-0.4, -0.2) is 52.2 Å². The Morgan fingerprint density at radius 3 is 2.06 bits per heavy atom. The van der Waals surface area contributed by atoms with Gasteiger partial charge in [0.15, 0.2) is 0 Å². The molecule has 0 bridgehead atoms. The summed E-state index contributed by atoms with van der Waals surface area (Å²) in [5.74, 6) is 0. The third-order valence-corrected chi connectivity index (χ3v) is 3.17. The highest BCUT2D eigenvalue weighted by Crippen LogP contribution is 2.17. The van der Waals surface area contributed by atoms with Crippen molar-refractivity contribution < 1.29 is 14.2 Å². The second-order valence-electron chi connectivity index (χ2n) is 4.77. The largest absolute Gasteiger partial charge is 0.379 e. The zero-order valence-corrected chi connectivity index (χ0v) is 11.8. The average molecular weight is 259 g/mol. The van der Waals surface area contributed by atoms with Crippen LogP contribution in [0.4, 0.5) is 0 Å². The molecule has 0 radical (unpaired) electrons. The quantitative estimate of drug-likeness (QED) is 0.513. The standard InChI is InChI=1S/C14H29NO3/c1-2-3-8-16-10-12-18-13-11-17-9-7-15-14-5-4-6-14/h14-15H,2-13H2,1H3. The molecule has 1 aliphatic rings. The highest BCUT2D eigenvalue weighted by molar-refractivity contribution is 4.75. The first-order valence-corrected chi connectivity index (χ1v) is 7.40. The van der Waals surface area contributed by atoms with Crippen molar-refractivity contribution >= 4 is 0 Å². The van der Waals surface area contributed by atoms with Crippen molar-refractivity contribution in [3.63, 3.8) is 0 Å². The summed E-state index contributed by atoms with van der Waals surface area (Å²) in [7, 11) is 0. The lowest BCUT2D eigenvalue weighted by Gasteiger charge is -2.26. The summed E-state index contributed by atoms with van der Waals surface area (Å²) in [6, 6.07) is 0.755. The summed E-state index contributed by atoms with van der Waals surface area (Å²) in [6.07, 6.45) is 6.37. The van der Waals surface area contributed by atoms with E-state index < -0.39 is 0 Å². The van der Waals surface area contributed by atoms with E-state index in [1.165, 1.54) is 25.7 Å². The maximum Gasteiger partial charge on any atom is 0.0701 e. The first-order chi connectivity index (χ1) is 8.93. The lowest BCUT2D eigenvalue weighted by atomic mass is 9.93. The van der Waals surface area contributed by atoms with Crippen LogP contribution in [0.1, 0.15) is 39.0 Å². The first-order valence-electron chi connectivity index (χ1n) is 7.40. The molecule has 0 saturated heterocycles. The zero-order chi connectivity index (χ0) is 12.9. The molecular weight excluding hydrogens is 230 g/mol. The number of hydrogen-bond donors (Lipinski definition) is 1. The van der Waals surface area contributed by atoms with Crippen molar-refractivity contribution in [3.8, 4) is 0 Å². The summed E-state index contributed by atoms with van der Waals surface area (Å²) in [5, 5.41) is 3.46. The minimum atomic E-state index is 0.667. The minimum absolute atomic E-state index is 0.667. The molecule has 4 nitrogen and oxygen atoms in total. The van der Waals surface area contributed by atoms with Gasteiger partial charge in [0.05, 0.1) is 33.0 Å². The molecule has 0 heterocycles. The number of rotatable bonds is 13. The highest BCUT2D eigenvalue weighted by Gasteiger charge is 2.15. The van der Waals surface area contributed by atoms with Crippen molar-refractivity contribution in [2.45, 2.75) is 45.1 Å². The Morgan fingerprint density at radius 2 is 1.50 bits per heavy atom. The predicted molar refractivity (Wildman–Crippen MR) is 73.0 cm³/mol. The second-order valence-corrected chi connectivity index (χ2v) is 4.77. The molecule has 1 N–H and O–H groups in total. The Morgan fingerprint density at radius 1 is 0.889 bits per heavy atom. The van der Waals surface area contributed by atoms with E-state index in [0.717, 1.165) is 32.2 Å². The Kier molecular flexibility index (Phi) is 10.5. The van der Waals surface area contributed by atoms with Crippen molar-refractivity contribution in [1.82, 2.24) is 5.32 Å². The summed E-state index contributed by atoms with van der Waals surface area (Å²) in [5.41, 5.74) is 0. The molecule has 0 aliphatic heterocycles. The van der Waals surface area contributed by atoms with Crippen molar-refractivity contribution in [2.24, 2.45) is 0 Å². The van der Waals surface area contributed by atoms with E-state index >= 15 is 0 Å². The summed E-state index contributed by atoms with van der Waals surface area (Å²) < 4.78 is 16.3. The van der Waals surface area contributed by atoms with Gasteiger partial charge < -0.3 is 19.5 Å². The fourth-order valence-corrected chi connectivity index (χ4v) is 1.74. The number of unbranched alkanes of at least 4 members (excludes halogenated alkanes) is 1. The number of hydrogen-bond acceptors (Lipinski definition) is 4. The van der Waals surface area contributed by atoms with E-state index in [9.17, 15) is 0 Å². The van der Waals surface area contributed by atoms with Crippen LogP contribution in [0.15, 0.2) is 0 Å². The molecule has 0 spiro atoms. The van der Waals surface area contributed by atoms with Gasteiger partial charge in [0.1, 0.15) is 0 Å². The van der Waals surface area contributed by atoms with Crippen LogP contribution < -0.4 is 5.32 Å². The van der Waals surface area contributed by atoms with E-state index in [1.807, 2.05) is 0 Å². The molecule has 0 atom stereocenters. The van der Waals surface area contributed by atoms with Crippen LogP contribution >= 0.6 is 0 Å². The second kappa shape index (κ2) is 11.9. The van der Waals surface area contributed by atoms with Gasteiger partial charge in [0.25, 0.3) is 0 Å². The van der Waals surface area contributed by atoms with E-state index in [0.29, 0.717) is 26.4 Å². The van der Waals surface area contributed by atoms with Crippen LogP contribution in [0, 0.1) is 0 Å². The summed E-state index contributed by atoms with van der Waals surface area (Å²) >= 11 is 0. The Hall–Kier alpha value is -0.160. The van der Waals surface area contributed by atoms with Gasteiger partial charge in [-0.2, -0.15) is 0 Å². The average Bonchev–Trinajstić information content (AvgIpc) is 2.33. The molecule has 4 heteroatoms. The van der Waals surface area contributed by atoms with Crippen LogP contribution in [0.5, 0.6) is 0 Å². The monoisotopic (exact) mass is 259 g/mol. The van der Waals surface area contributed by atoms with Crippen LogP contribution in [0.3, 0.4) is 0 Å². The lowest BCUT2D eigenvalue weighted by molar-refractivity contribution is 0.0141. The van der Waals surface area contributed by atoms with Crippen molar-refractivity contribution in [1.29, 1.82) is 0 Å². The van der Waals surface area contributed by atoms with E-state index in [2.05, 4.69) is 12.2 Å². The Labute approximate surface area is 111 Å². The topological polar surface area (TPSA) is 39.7 Å². The van der Waals surface area contributed by atoms with Crippen LogP contribution in [-0.2, 0) is 14.2 Å². The zero-order valence-electron chi connectivity index (χ0n) is 11.8. The summed E-state index contributed by atoms with van der Waals surface area (Å²) in [6.45, 7) is 7.48. The Bertz CT molecular complexity index is 174. The van der Waals surface area contributed by atoms with E-state index in [1.54, 1.807) is 0 Å². The number of ether oxygens (including phenoxy) is 3. The molecule has 1 aliphatic carbocycles. The van der Waals surface area contributed by atoms with Gasteiger partial charge in [0, 0.05) is 19.2 Å². The fourth-order valence-electron chi connectivity index (χ4n) is 1.74. The highest BCUT2D eigenvalue weighted by atomic mass is 16.5. The smallest absolute Gasteiger partial charge is 0.0701 e. The molecule has 1 saturated carbocycles. The van der Waals surface area contributed by atoms with Crippen LogP contribution in [0.25, 0.3) is 0 Å². The van der Waals surface area contributed by atoms with Gasteiger partial charge in [0.2, 0.25) is 0 Å². The third-order valence-electron chi connectivity index (χ3n) is 3.17. The molecule has 0 aromatic rings. The number of nitrogens with one attached hydrogen (secondary N) is 1. The van der Waals surface area contributed by atoms with Crippen molar-refractivity contribution in [2.75, 3.05) is 46.2 Å². The van der Waals surface area contributed by atoms with Gasteiger partial charge in [-0.25, -0.2) is 0 Å². The van der Waals surface area contributed by atoms with E-state index in [-0.39, 0.29) is 0 Å². The maximum atomic E-state index is 5.47. The maximum absolute atomic E-state index is 5.47. The first kappa shape index (κ1) is 15.9. The lowest BCUT2D eigenvalue weighted by Crippen LogP contribution is -2.37. The fraction of sp³-hybridized carbons (Fsp3) is 1.00. The molecule has 1 rings (SSSR count). The third kappa shape index (κ3) is 8.86. The molecule has 0 aromatic heterocycles. The molecule has 108 valence electrons. The van der Waals surface area contributed by atoms with Gasteiger partial charge >= 0.3 is 0 Å². The van der Waals surface area contributed by atoms with Gasteiger partial charge in [-0.3, -0.25) is 0 Å². The molecule has 0 unspecified atom stereocenters. The molecular formula is C14H29NO3. The molecule has 0 amide bonds. The predicted octanol–water partition coefficient (Wildman–Crippen LogP) is 1.98. The molecule has 0 aromatic carbocycles.